The van der Waals surface area contributed by atoms with Crippen LogP contribution in [0.25, 0.3) is 0 Å². The minimum absolute atomic E-state index is 0.233. The molecule has 0 aliphatic heterocycles. The SMILES string of the molecule is CNc1ncccc1C(=N)C(C)C. The molecular formula is C10H15N3. The molecule has 0 saturated carbocycles. The summed E-state index contributed by atoms with van der Waals surface area (Å²) in [6, 6.07) is 3.77. The summed E-state index contributed by atoms with van der Waals surface area (Å²) in [6.07, 6.45) is 1.73. The van der Waals surface area contributed by atoms with E-state index in [2.05, 4.69) is 10.3 Å². The maximum atomic E-state index is 7.85. The van der Waals surface area contributed by atoms with Gasteiger partial charge in [0.1, 0.15) is 5.82 Å². The quantitative estimate of drug-likeness (QED) is 0.695. The molecule has 0 amide bonds. The van der Waals surface area contributed by atoms with Gasteiger partial charge in [-0.2, -0.15) is 0 Å². The minimum atomic E-state index is 0.233. The number of aromatic nitrogens is 1. The van der Waals surface area contributed by atoms with Gasteiger partial charge in [0.25, 0.3) is 0 Å². The molecule has 1 heterocycles. The van der Waals surface area contributed by atoms with E-state index in [4.69, 9.17) is 5.41 Å². The van der Waals surface area contributed by atoms with E-state index in [0.29, 0.717) is 5.71 Å². The van der Waals surface area contributed by atoms with Crippen LogP contribution in [0, 0.1) is 11.3 Å². The van der Waals surface area contributed by atoms with Crippen LogP contribution in [0.1, 0.15) is 19.4 Å². The third-order valence-electron chi connectivity index (χ3n) is 1.91. The largest absolute Gasteiger partial charge is 0.373 e. The van der Waals surface area contributed by atoms with Crippen molar-refractivity contribution in [1.29, 1.82) is 5.41 Å². The second-order valence-corrected chi connectivity index (χ2v) is 3.22. The van der Waals surface area contributed by atoms with Crippen molar-refractivity contribution in [3.63, 3.8) is 0 Å². The molecule has 0 spiro atoms. The van der Waals surface area contributed by atoms with E-state index >= 15 is 0 Å². The van der Waals surface area contributed by atoms with Crippen LogP contribution < -0.4 is 5.32 Å². The van der Waals surface area contributed by atoms with Crippen LogP contribution in [-0.2, 0) is 0 Å². The number of nitrogens with one attached hydrogen (secondary N) is 2. The molecule has 70 valence electrons. The number of hydrogen-bond acceptors (Lipinski definition) is 3. The van der Waals surface area contributed by atoms with Gasteiger partial charge in [-0.15, -0.1) is 0 Å². The van der Waals surface area contributed by atoms with E-state index < -0.39 is 0 Å². The first-order valence-electron chi connectivity index (χ1n) is 4.38. The Kier molecular flexibility index (Phi) is 3.01. The van der Waals surface area contributed by atoms with Crippen molar-refractivity contribution in [3.8, 4) is 0 Å². The molecule has 0 radical (unpaired) electrons. The Bertz CT molecular complexity index is 305. The molecule has 1 aromatic rings. The number of rotatable bonds is 3. The van der Waals surface area contributed by atoms with E-state index in [-0.39, 0.29) is 5.92 Å². The van der Waals surface area contributed by atoms with Crippen molar-refractivity contribution >= 4 is 11.5 Å². The van der Waals surface area contributed by atoms with Crippen LogP contribution in [0.15, 0.2) is 18.3 Å². The molecule has 3 heteroatoms. The van der Waals surface area contributed by atoms with Crippen molar-refractivity contribution in [2.45, 2.75) is 13.8 Å². The fourth-order valence-corrected chi connectivity index (χ4v) is 1.13. The lowest BCUT2D eigenvalue weighted by molar-refractivity contribution is 0.877. The van der Waals surface area contributed by atoms with Crippen LogP contribution in [0.3, 0.4) is 0 Å². The summed E-state index contributed by atoms with van der Waals surface area (Å²) in [4.78, 5) is 4.15. The Morgan fingerprint density at radius 2 is 2.23 bits per heavy atom. The molecule has 0 atom stereocenters. The summed E-state index contributed by atoms with van der Waals surface area (Å²) in [5.74, 6) is 1.01. The first-order valence-corrected chi connectivity index (χ1v) is 4.38. The highest BCUT2D eigenvalue weighted by Crippen LogP contribution is 2.15. The fourth-order valence-electron chi connectivity index (χ4n) is 1.13. The van der Waals surface area contributed by atoms with Crippen molar-refractivity contribution in [2.75, 3.05) is 12.4 Å². The van der Waals surface area contributed by atoms with E-state index in [9.17, 15) is 0 Å². The van der Waals surface area contributed by atoms with Crippen molar-refractivity contribution in [2.24, 2.45) is 5.92 Å². The fraction of sp³-hybridized carbons (Fsp3) is 0.400. The summed E-state index contributed by atoms with van der Waals surface area (Å²) >= 11 is 0. The molecule has 0 aromatic carbocycles. The van der Waals surface area contributed by atoms with Crippen LogP contribution in [-0.4, -0.2) is 17.7 Å². The molecule has 13 heavy (non-hydrogen) atoms. The molecule has 0 unspecified atom stereocenters. The lowest BCUT2D eigenvalue weighted by atomic mass is 10.0. The monoisotopic (exact) mass is 177 g/mol. The van der Waals surface area contributed by atoms with Gasteiger partial charge < -0.3 is 10.7 Å². The zero-order valence-electron chi connectivity index (χ0n) is 8.26. The third kappa shape index (κ3) is 2.05. The molecule has 0 aliphatic carbocycles. The Morgan fingerprint density at radius 1 is 1.54 bits per heavy atom. The van der Waals surface area contributed by atoms with Gasteiger partial charge in [0.05, 0.1) is 0 Å². The molecule has 0 saturated heterocycles. The lowest BCUT2D eigenvalue weighted by Gasteiger charge is -2.11. The molecule has 2 N–H and O–H groups in total. The predicted octanol–water partition coefficient (Wildman–Crippen LogP) is 2.15. The van der Waals surface area contributed by atoms with Crippen LogP contribution in [0.2, 0.25) is 0 Å². The maximum absolute atomic E-state index is 7.85. The first-order chi connectivity index (χ1) is 6.16. The van der Waals surface area contributed by atoms with Gasteiger partial charge in [0.2, 0.25) is 0 Å². The van der Waals surface area contributed by atoms with Gasteiger partial charge in [-0.25, -0.2) is 4.98 Å². The Labute approximate surface area is 78.7 Å². The van der Waals surface area contributed by atoms with Gasteiger partial charge in [-0.1, -0.05) is 13.8 Å². The lowest BCUT2D eigenvalue weighted by Crippen LogP contribution is -2.11. The maximum Gasteiger partial charge on any atom is 0.134 e. The summed E-state index contributed by atoms with van der Waals surface area (Å²) in [7, 11) is 1.82. The zero-order chi connectivity index (χ0) is 9.84. The third-order valence-corrected chi connectivity index (χ3v) is 1.91. The highest BCUT2D eigenvalue weighted by Gasteiger charge is 2.10. The Balaban J connectivity index is 3.06. The second kappa shape index (κ2) is 4.03. The Morgan fingerprint density at radius 3 is 2.77 bits per heavy atom. The minimum Gasteiger partial charge on any atom is -0.373 e. The van der Waals surface area contributed by atoms with Gasteiger partial charge in [0.15, 0.2) is 0 Å². The number of nitrogens with zero attached hydrogens (tertiary/aromatic N) is 1. The van der Waals surface area contributed by atoms with Gasteiger partial charge >= 0.3 is 0 Å². The highest BCUT2D eigenvalue weighted by molar-refractivity contribution is 6.03. The summed E-state index contributed by atoms with van der Waals surface area (Å²) in [5, 5.41) is 10.8. The Hall–Kier alpha value is -1.38. The van der Waals surface area contributed by atoms with Crippen LogP contribution in [0.4, 0.5) is 5.82 Å². The molecule has 0 fully saturated rings. The first kappa shape index (κ1) is 9.71. The molecule has 3 nitrogen and oxygen atoms in total. The predicted molar refractivity (Wildman–Crippen MR) is 55.5 cm³/mol. The molecule has 1 rings (SSSR count). The van der Waals surface area contributed by atoms with Gasteiger partial charge in [-0.3, -0.25) is 0 Å². The normalized spacial score (nSPS) is 10.2. The molecule has 0 aliphatic rings. The van der Waals surface area contributed by atoms with Crippen molar-refractivity contribution in [1.82, 2.24) is 4.98 Å². The van der Waals surface area contributed by atoms with Crippen LogP contribution in [0.5, 0.6) is 0 Å². The van der Waals surface area contributed by atoms with E-state index in [1.165, 1.54) is 0 Å². The number of hydrogen-bond donors (Lipinski definition) is 2. The van der Waals surface area contributed by atoms with E-state index in [0.717, 1.165) is 11.4 Å². The number of anilines is 1. The summed E-state index contributed by atoms with van der Waals surface area (Å²) < 4.78 is 0. The second-order valence-electron chi connectivity index (χ2n) is 3.22. The van der Waals surface area contributed by atoms with Gasteiger partial charge in [0, 0.05) is 24.5 Å². The van der Waals surface area contributed by atoms with E-state index in [1.807, 2.05) is 33.0 Å². The highest BCUT2D eigenvalue weighted by atomic mass is 15.0. The zero-order valence-corrected chi connectivity index (χ0v) is 8.26. The molecule has 0 bridgehead atoms. The van der Waals surface area contributed by atoms with Crippen molar-refractivity contribution < 1.29 is 0 Å². The standard InChI is InChI=1S/C10H15N3/c1-7(2)9(11)8-5-4-6-13-10(8)12-3/h4-7,11H,1-3H3,(H,12,13). The molecule has 1 aromatic heterocycles. The molecular weight excluding hydrogens is 162 g/mol. The van der Waals surface area contributed by atoms with E-state index in [1.54, 1.807) is 6.20 Å². The van der Waals surface area contributed by atoms with Gasteiger partial charge in [-0.05, 0) is 18.1 Å². The summed E-state index contributed by atoms with van der Waals surface area (Å²) in [5.41, 5.74) is 1.51. The topological polar surface area (TPSA) is 48.8 Å². The van der Waals surface area contributed by atoms with Crippen LogP contribution >= 0.6 is 0 Å². The van der Waals surface area contributed by atoms with Crippen molar-refractivity contribution in [3.05, 3.63) is 23.9 Å². The summed E-state index contributed by atoms with van der Waals surface area (Å²) in [6.45, 7) is 4.02. The average Bonchev–Trinajstić information content (AvgIpc) is 2.16. The number of pyridine rings is 1. The smallest absolute Gasteiger partial charge is 0.134 e. The average molecular weight is 177 g/mol.